The van der Waals surface area contributed by atoms with Crippen molar-refractivity contribution >= 4 is 16.6 Å². The molecule has 0 radical (unpaired) electrons. The summed E-state index contributed by atoms with van der Waals surface area (Å²) in [7, 11) is 0. The summed E-state index contributed by atoms with van der Waals surface area (Å²) in [6.07, 6.45) is 0. The van der Waals surface area contributed by atoms with Crippen LogP contribution in [0.3, 0.4) is 0 Å². The molecule has 0 aromatic heterocycles. The maximum atomic E-state index is 14.3. The van der Waals surface area contributed by atoms with Crippen molar-refractivity contribution in [2.75, 3.05) is 0 Å². The molecule has 39 heavy (non-hydrogen) atoms. The van der Waals surface area contributed by atoms with E-state index in [0.717, 1.165) is 16.5 Å². The summed E-state index contributed by atoms with van der Waals surface area (Å²) in [5, 5.41) is 28.2. The normalized spacial score (nSPS) is 18.1. The fourth-order valence-electron chi connectivity index (χ4n) is 5.78. The van der Waals surface area contributed by atoms with Crippen molar-refractivity contribution < 1.29 is 9.72 Å². The van der Waals surface area contributed by atoms with Gasteiger partial charge in [-0.3, -0.25) is 14.9 Å². The average Bonchev–Trinajstić information content (AvgIpc) is 3.20. The molecule has 8 heteroatoms. The van der Waals surface area contributed by atoms with Crippen LogP contribution in [-0.4, -0.2) is 15.6 Å². The fraction of sp³-hybridized carbons (Fsp3) is 0.0968. The number of ketones is 1. The van der Waals surface area contributed by atoms with E-state index in [9.17, 15) is 20.2 Å². The van der Waals surface area contributed by atoms with Crippen LogP contribution in [0, 0.1) is 21.4 Å². The Labute approximate surface area is 224 Å². The van der Waals surface area contributed by atoms with Gasteiger partial charge >= 0.3 is 5.70 Å². The molecule has 4 aromatic carbocycles. The van der Waals surface area contributed by atoms with Crippen LogP contribution < -0.4 is 11.1 Å². The summed E-state index contributed by atoms with van der Waals surface area (Å²) in [6, 6.07) is 31.4. The van der Waals surface area contributed by atoms with Crippen LogP contribution in [0.2, 0.25) is 0 Å². The number of Topliss-reactive ketones (excluding diaryl/α,β-unsaturated/α-hetero) is 1. The molecule has 1 spiro atoms. The van der Waals surface area contributed by atoms with Crippen LogP contribution in [0.25, 0.3) is 10.8 Å². The molecule has 1 unspecified atom stereocenters. The highest BCUT2D eigenvalue weighted by atomic mass is 16.6. The molecule has 3 N–H and O–H groups in total. The molecular formula is C31H23N5O3. The number of allylic oxidation sites excluding steroid dienone is 1. The van der Waals surface area contributed by atoms with Gasteiger partial charge in [0.2, 0.25) is 0 Å². The van der Waals surface area contributed by atoms with Crippen LogP contribution in [0.15, 0.2) is 120 Å². The molecule has 6 rings (SSSR count). The highest BCUT2D eigenvalue weighted by Gasteiger charge is 2.64. The fourth-order valence-corrected chi connectivity index (χ4v) is 5.78. The SMILES string of the molecule is N#CC1=C(N)N(Cc2ccccc2)C(NCc2ccccc2)=C([N+](=O)[O-])C12C(=O)c1cccc3cccc2c13. The second kappa shape index (κ2) is 9.15. The van der Waals surface area contributed by atoms with E-state index in [0.29, 0.717) is 16.5 Å². The Kier molecular flexibility index (Phi) is 5.62. The number of fused-ring (bicyclic) bond motifs is 1. The number of carbonyl (C=O) groups is 1. The van der Waals surface area contributed by atoms with Crippen molar-refractivity contribution in [2.45, 2.75) is 18.5 Å². The molecule has 2 aliphatic rings. The zero-order valence-electron chi connectivity index (χ0n) is 20.8. The molecule has 0 fully saturated rings. The Morgan fingerprint density at radius 3 is 2.21 bits per heavy atom. The first-order valence-corrected chi connectivity index (χ1v) is 12.4. The topological polar surface area (TPSA) is 125 Å². The number of rotatable bonds is 6. The predicted molar refractivity (Wildman–Crippen MR) is 146 cm³/mol. The van der Waals surface area contributed by atoms with Gasteiger partial charge in [0, 0.05) is 12.1 Å². The third kappa shape index (κ3) is 3.48. The molecule has 0 saturated carbocycles. The second-order valence-electron chi connectivity index (χ2n) is 9.53. The number of nitriles is 1. The standard InChI is InChI=1S/C31H23N5O3/c32-17-25-29(33)35(19-21-11-5-2-6-12-21)30(34-18-20-9-3-1-4-10-20)27(36(38)39)31(25)24-16-8-14-22-13-7-15-23(26(22)24)28(31)37/h1-16,34H,18-19,33H2. The van der Waals surface area contributed by atoms with E-state index in [-0.39, 0.29) is 30.3 Å². The van der Waals surface area contributed by atoms with Crippen molar-refractivity contribution in [1.82, 2.24) is 10.2 Å². The molecule has 1 aliphatic heterocycles. The lowest BCUT2D eigenvalue weighted by Gasteiger charge is -2.38. The van der Waals surface area contributed by atoms with E-state index in [1.807, 2.05) is 72.8 Å². The highest BCUT2D eigenvalue weighted by molar-refractivity contribution is 6.23. The van der Waals surface area contributed by atoms with Gasteiger partial charge in [-0.2, -0.15) is 5.26 Å². The van der Waals surface area contributed by atoms with Gasteiger partial charge in [-0.15, -0.1) is 0 Å². The van der Waals surface area contributed by atoms with Crippen molar-refractivity contribution in [2.24, 2.45) is 5.73 Å². The predicted octanol–water partition coefficient (Wildman–Crippen LogP) is 4.72. The van der Waals surface area contributed by atoms with E-state index in [1.54, 1.807) is 24.3 Å². The minimum atomic E-state index is -1.99. The van der Waals surface area contributed by atoms with Crippen LogP contribution in [-0.2, 0) is 18.5 Å². The molecule has 1 heterocycles. The third-order valence-corrected chi connectivity index (χ3v) is 7.45. The molecule has 190 valence electrons. The number of hydrogen-bond donors (Lipinski definition) is 2. The Bertz CT molecular complexity index is 1750. The molecular weight excluding hydrogens is 490 g/mol. The average molecular weight is 514 g/mol. The quantitative estimate of drug-likeness (QED) is 0.282. The summed E-state index contributed by atoms with van der Waals surface area (Å²) in [5.41, 5.74) is 6.62. The zero-order chi connectivity index (χ0) is 27.1. The van der Waals surface area contributed by atoms with Crippen molar-refractivity contribution in [3.05, 3.63) is 152 Å². The maximum Gasteiger partial charge on any atom is 0.309 e. The maximum absolute atomic E-state index is 14.3. The monoisotopic (exact) mass is 513 g/mol. The largest absolute Gasteiger partial charge is 0.384 e. The summed E-state index contributed by atoms with van der Waals surface area (Å²) >= 11 is 0. The van der Waals surface area contributed by atoms with Gasteiger partial charge < -0.3 is 16.0 Å². The van der Waals surface area contributed by atoms with Crippen molar-refractivity contribution in [3.8, 4) is 6.07 Å². The number of benzene rings is 4. The first-order chi connectivity index (χ1) is 19.0. The van der Waals surface area contributed by atoms with E-state index in [1.165, 1.54) is 4.90 Å². The number of nitrogens with two attached hydrogens (primary N) is 1. The minimum absolute atomic E-state index is 0.000624. The number of nitrogens with zero attached hydrogens (tertiary/aromatic N) is 3. The number of hydrogen-bond acceptors (Lipinski definition) is 7. The number of nitrogens with one attached hydrogen (secondary N) is 1. The van der Waals surface area contributed by atoms with Gasteiger partial charge in [0.1, 0.15) is 11.9 Å². The lowest BCUT2D eigenvalue weighted by Crippen LogP contribution is -2.51. The molecule has 0 amide bonds. The van der Waals surface area contributed by atoms with Crippen LogP contribution in [0.5, 0.6) is 0 Å². The van der Waals surface area contributed by atoms with Gasteiger partial charge in [0.05, 0.1) is 17.0 Å². The van der Waals surface area contributed by atoms with E-state index < -0.39 is 21.8 Å². The molecule has 4 aromatic rings. The van der Waals surface area contributed by atoms with Crippen LogP contribution in [0.1, 0.15) is 27.0 Å². The Morgan fingerprint density at radius 2 is 1.56 bits per heavy atom. The molecule has 0 bridgehead atoms. The summed E-state index contributed by atoms with van der Waals surface area (Å²) < 4.78 is 0. The summed E-state index contributed by atoms with van der Waals surface area (Å²) in [5.74, 6) is -0.443. The van der Waals surface area contributed by atoms with Crippen LogP contribution in [0.4, 0.5) is 0 Å². The first-order valence-electron chi connectivity index (χ1n) is 12.4. The van der Waals surface area contributed by atoms with Gasteiger partial charge in [0.25, 0.3) is 0 Å². The lowest BCUT2D eigenvalue weighted by atomic mass is 9.69. The lowest BCUT2D eigenvalue weighted by molar-refractivity contribution is -0.435. The summed E-state index contributed by atoms with van der Waals surface area (Å²) in [4.78, 5) is 28.4. The zero-order valence-corrected chi connectivity index (χ0v) is 20.8. The Morgan fingerprint density at radius 1 is 0.923 bits per heavy atom. The smallest absolute Gasteiger partial charge is 0.309 e. The molecule has 0 saturated heterocycles. The van der Waals surface area contributed by atoms with Crippen molar-refractivity contribution in [1.29, 1.82) is 5.26 Å². The number of nitro groups is 1. The highest BCUT2D eigenvalue weighted by Crippen LogP contribution is 2.54. The molecule has 1 atom stereocenters. The van der Waals surface area contributed by atoms with E-state index >= 15 is 0 Å². The Balaban J connectivity index is 1.65. The second-order valence-corrected chi connectivity index (χ2v) is 9.53. The van der Waals surface area contributed by atoms with Crippen molar-refractivity contribution in [3.63, 3.8) is 0 Å². The third-order valence-electron chi connectivity index (χ3n) is 7.45. The van der Waals surface area contributed by atoms with E-state index in [4.69, 9.17) is 5.73 Å². The number of carbonyl (C=O) groups excluding carboxylic acids is 1. The summed E-state index contributed by atoms with van der Waals surface area (Å²) in [6.45, 7) is 0.406. The van der Waals surface area contributed by atoms with Gasteiger partial charge in [-0.1, -0.05) is 97.1 Å². The van der Waals surface area contributed by atoms with Crippen LogP contribution >= 0.6 is 0 Å². The molecule has 8 nitrogen and oxygen atoms in total. The first kappa shape index (κ1) is 23.9. The van der Waals surface area contributed by atoms with E-state index in [2.05, 4.69) is 11.4 Å². The van der Waals surface area contributed by atoms with Gasteiger partial charge in [-0.05, 0) is 27.5 Å². The van der Waals surface area contributed by atoms with Gasteiger partial charge in [0.15, 0.2) is 17.0 Å². The molecule has 1 aliphatic carbocycles. The van der Waals surface area contributed by atoms with Gasteiger partial charge in [-0.25, -0.2) is 0 Å². The minimum Gasteiger partial charge on any atom is -0.384 e. The Hall–Kier alpha value is -5.42.